The summed E-state index contributed by atoms with van der Waals surface area (Å²) in [7, 11) is 3.25. The Balaban J connectivity index is 2.49. The zero-order valence-electron chi connectivity index (χ0n) is 11.9. The maximum atomic E-state index is 5.73. The minimum atomic E-state index is -0.173. The van der Waals surface area contributed by atoms with Gasteiger partial charge in [-0.2, -0.15) is 0 Å². The average Bonchev–Trinajstić information content (AvgIpc) is 2.49. The van der Waals surface area contributed by atoms with Crippen molar-refractivity contribution in [1.29, 1.82) is 0 Å². The highest BCUT2D eigenvalue weighted by Crippen LogP contribution is 2.30. The monoisotopic (exact) mass is 273 g/mol. The second-order valence-corrected chi connectivity index (χ2v) is 4.48. The van der Waals surface area contributed by atoms with E-state index in [9.17, 15) is 0 Å². The van der Waals surface area contributed by atoms with Crippen molar-refractivity contribution in [3.05, 3.63) is 53.3 Å². The van der Waals surface area contributed by atoms with Gasteiger partial charge < -0.3 is 9.47 Å². The summed E-state index contributed by atoms with van der Waals surface area (Å²) < 4.78 is 10.6. The van der Waals surface area contributed by atoms with Crippen LogP contribution in [0.1, 0.15) is 22.7 Å². The van der Waals surface area contributed by atoms with E-state index < -0.39 is 0 Å². The predicted octanol–water partition coefficient (Wildman–Crippen LogP) is 1.96. The maximum absolute atomic E-state index is 5.73. The van der Waals surface area contributed by atoms with Gasteiger partial charge >= 0.3 is 0 Å². The highest BCUT2D eigenvalue weighted by molar-refractivity contribution is 5.43. The van der Waals surface area contributed by atoms with Gasteiger partial charge in [-0.25, -0.2) is 5.43 Å². The molecule has 0 aliphatic heterocycles. The highest BCUT2D eigenvalue weighted by atomic mass is 16.5. The van der Waals surface area contributed by atoms with Crippen molar-refractivity contribution in [3.8, 4) is 11.5 Å². The van der Waals surface area contributed by atoms with Crippen molar-refractivity contribution in [2.24, 2.45) is 5.84 Å². The highest BCUT2D eigenvalue weighted by Gasteiger charge is 2.16. The van der Waals surface area contributed by atoms with Crippen LogP contribution in [0.4, 0.5) is 0 Å². The fourth-order valence-corrected chi connectivity index (χ4v) is 2.14. The van der Waals surface area contributed by atoms with Crippen LogP contribution in [0.15, 0.2) is 36.7 Å². The van der Waals surface area contributed by atoms with E-state index in [4.69, 9.17) is 15.3 Å². The molecule has 1 atom stereocenters. The first-order chi connectivity index (χ1) is 9.69. The molecule has 106 valence electrons. The number of nitrogens with one attached hydrogen (secondary N) is 1. The quantitative estimate of drug-likeness (QED) is 0.644. The van der Waals surface area contributed by atoms with E-state index in [0.29, 0.717) is 0 Å². The van der Waals surface area contributed by atoms with Gasteiger partial charge in [0.15, 0.2) is 0 Å². The van der Waals surface area contributed by atoms with Crippen molar-refractivity contribution < 1.29 is 9.47 Å². The van der Waals surface area contributed by atoms with Crippen molar-refractivity contribution in [2.75, 3.05) is 14.2 Å². The topological polar surface area (TPSA) is 69.4 Å². The lowest BCUT2D eigenvalue weighted by atomic mass is 9.97. The summed E-state index contributed by atoms with van der Waals surface area (Å²) in [5.41, 5.74) is 5.92. The zero-order valence-corrected chi connectivity index (χ0v) is 11.9. The van der Waals surface area contributed by atoms with Gasteiger partial charge in [0.25, 0.3) is 0 Å². The van der Waals surface area contributed by atoms with E-state index in [1.165, 1.54) is 0 Å². The van der Waals surface area contributed by atoms with Gasteiger partial charge in [-0.3, -0.25) is 10.8 Å². The van der Waals surface area contributed by atoms with Gasteiger partial charge in [-0.05, 0) is 41.8 Å². The molecule has 5 nitrogen and oxygen atoms in total. The van der Waals surface area contributed by atoms with Gasteiger partial charge in [0.1, 0.15) is 11.5 Å². The Hall–Kier alpha value is -2.11. The van der Waals surface area contributed by atoms with Gasteiger partial charge in [0.05, 0.1) is 20.3 Å². The summed E-state index contributed by atoms with van der Waals surface area (Å²) in [6, 6.07) is 7.47. The lowest BCUT2D eigenvalue weighted by Gasteiger charge is -2.20. The number of benzene rings is 1. The molecule has 3 N–H and O–H groups in total. The molecular weight excluding hydrogens is 254 g/mol. The second kappa shape index (κ2) is 6.36. The largest absolute Gasteiger partial charge is 0.497 e. The lowest BCUT2D eigenvalue weighted by molar-refractivity contribution is 0.392. The fourth-order valence-electron chi connectivity index (χ4n) is 2.14. The predicted molar refractivity (Wildman–Crippen MR) is 77.7 cm³/mol. The van der Waals surface area contributed by atoms with Crippen molar-refractivity contribution >= 4 is 0 Å². The summed E-state index contributed by atoms with van der Waals surface area (Å²) in [4.78, 5) is 4.17. The Morgan fingerprint density at radius 1 is 1.15 bits per heavy atom. The van der Waals surface area contributed by atoms with Gasteiger partial charge in [0.2, 0.25) is 0 Å². The van der Waals surface area contributed by atoms with Crippen LogP contribution >= 0.6 is 0 Å². The molecular formula is C15H19N3O2. The Morgan fingerprint density at radius 2 is 1.80 bits per heavy atom. The summed E-state index contributed by atoms with van der Waals surface area (Å²) in [5.74, 6) is 7.18. The summed E-state index contributed by atoms with van der Waals surface area (Å²) >= 11 is 0. The lowest BCUT2D eigenvalue weighted by Crippen LogP contribution is -2.29. The summed E-state index contributed by atoms with van der Waals surface area (Å²) in [6.45, 7) is 2.03. The third-order valence-corrected chi connectivity index (χ3v) is 3.26. The third kappa shape index (κ3) is 2.89. The number of aromatic nitrogens is 1. The van der Waals surface area contributed by atoms with Crippen LogP contribution in [-0.4, -0.2) is 19.2 Å². The Kier molecular flexibility index (Phi) is 4.55. The SMILES string of the molecule is COc1cc(OC)cc(C(NN)c2cnccc2C)c1. The summed E-state index contributed by atoms with van der Waals surface area (Å²) in [5, 5.41) is 0. The number of ether oxygens (including phenoxy) is 2. The molecule has 1 unspecified atom stereocenters. The molecule has 1 aromatic heterocycles. The van der Waals surface area contributed by atoms with Crippen LogP contribution in [0.3, 0.4) is 0 Å². The van der Waals surface area contributed by atoms with E-state index in [2.05, 4.69) is 10.4 Å². The number of hydrogen-bond donors (Lipinski definition) is 2. The normalized spacial score (nSPS) is 12.0. The van der Waals surface area contributed by atoms with Crippen LogP contribution in [-0.2, 0) is 0 Å². The molecule has 2 rings (SSSR count). The number of nitrogens with two attached hydrogens (primary N) is 1. The molecule has 0 radical (unpaired) electrons. The molecule has 0 spiro atoms. The number of rotatable bonds is 5. The zero-order chi connectivity index (χ0) is 14.5. The molecule has 0 aliphatic rings. The molecule has 1 aromatic carbocycles. The third-order valence-electron chi connectivity index (χ3n) is 3.26. The molecule has 20 heavy (non-hydrogen) atoms. The van der Waals surface area contributed by atoms with Crippen LogP contribution < -0.4 is 20.7 Å². The number of methoxy groups -OCH3 is 2. The Morgan fingerprint density at radius 3 is 2.30 bits per heavy atom. The standard InChI is InChI=1S/C15H19N3O2/c1-10-4-5-17-9-14(10)15(18-16)11-6-12(19-2)8-13(7-11)20-3/h4-9,15,18H,16H2,1-3H3. The number of aryl methyl sites for hydroxylation is 1. The van der Waals surface area contributed by atoms with E-state index in [1.54, 1.807) is 20.4 Å². The van der Waals surface area contributed by atoms with E-state index >= 15 is 0 Å². The first kappa shape index (κ1) is 14.3. The molecule has 0 amide bonds. The first-order valence-corrected chi connectivity index (χ1v) is 6.29. The fraction of sp³-hybridized carbons (Fsp3) is 0.267. The maximum Gasteiger partial charge on any atom is 0.122 e. The van der Waals surface area contributed by atoms with Gasteiger partial charge in [-0.15, -0.1) is 0 Å². The minimum Gasteiger partial charge on any atom is -0.497 e. The van der Waals surface area contributed by atoms with Crippen LogP contribution in [0.2, 0.25) is 0 Å². The van der Waals surface area contributed by atoms with Crippen LogP contribution in [0.25, 0.3) is 0 Å². The van der Waals surface area contributed by atoms with E-state index in [1.807, 2.05) is 37.4 Å². The van der Waals surface area contributed by atoms with Crippen LogP contribution in [0, 0.1) is 6.92 Å². The number of nitrogens with zero attached hydrogens (tertiary/aromatic N) is 1. The first-order valence-electron chi connectivity index (χ1n) is 6.29. The molecule has 0 fully saturated rings. The smallest absolute Gasteiger partial charge is 0.122 e. The number of pyridine rings is 1. The van der Waals surface area contributed by atoms with E-state index in [0.717, 1.165) is 28.2 Å². The van der Waals surface area contributed by atoms with E-state index in [-0.39, 0.29) is 6.04 Å². The number of hydrogen-bond acceptors (Lipinski definition) is 5. The average molecular weight is 273 g/mol. The summed E-state index contributed by atoms with van der Waals surface area (Å²) in [6.07, 6.45) is 3.57. The molecule has 0 saturated carbocycles. The van der Waals surface area contributed by atoms with Gasteiger partial charge in [0, 0.05) is 18.5 Å². The molecule has 1 heterocycles. The molecule has 5 heteroatoms. The molecule has 0 aliphatic carbocycles. The molecule has 2 aromatic rings. The Bertz CT molecular complexity index is 565. The minimum absolute atomic E-state index is 0.173. The van der Waals surface area contributed by atoms with Crippen molar-refractivity contribution in [2.45, 2.75) is 13.0 Å². The van der Waals surface area contributed by atoms with Crippen molar-refractivity contribution in [3.63, 3.8) is 0 Å². The Labute approximate surface area is 118 Å². The van der Waals surface area contributed by atoms with Crippen molar-refractivity contribution in [1.82, 2.24) is 10.4 Å². The second-order valence-electron chi connectivity index (χ2n) is 4.48. The van der Waals surface area contributed by atoms with Gasteiger partial charge in [-0.1, -0.05) is 0 Å². The molecule has 0 saturated heterocycles. The molecule has 0 bridgehead atoms. The number of hydrazine groups is 1. The van der Waals surface area contributed by atoms with Crippen LogP contribution in [0.5, 0.6) is 11.5 Å².